The number of nitrogen functional groups attached to an aromatic ring is 1. The molecule has 0 aliphatic rings. The number of hydrogen-bond donors (Lipinski definition) is 2. The van der Waals surface area contributed by atoms with Crippen LogP contribution in [0.5, 0.6) is 0 Å². The summed E-state index contributed by atoms with van der Waals surface area (Å²) in [6.07, 6.45) is 0. The van der Waals surface area contributed by atoms with Gasteiger partial charge in [-0.25, -0.2) is 0 Å². The minimum atomic E-state index is -0.566. The fourth-order valence-corrected chi connectivity index (χ4v) is 1.98. The van der Waals surface area contributed by atoms with Crippen LogP contribution >= 0.6 is 0 Å². The van der Waals surface area contributed by atoms with E-state index in [1.54, 1.807) is 36.4 Å². The summed E-state index contributed by atoms with van der Waals surface area (Å²) in [5.74, 6) is -0.566. The first-order chi connectivity index (χ1) is 9.54. The number of para-hydroxylation sites is 1. The standard InChI is InChI=1S/C15H14N4O/c1-19(11-5-2-4-10(8-11)9-16)13-7-3-6-12(14(13)17)15(18)20/h2-8H,17H2,1H3,(H2,18,20). The van der Waals surface area contributed by atoms with Crippen molar-refractivity contribution in [2.45, 2.75) is 0 Å². The highest BCUT2D eigenvalue weighted by Gasteiger charge is 2.13. The second kappa shape index (κ2) is 5.33. The molecule has 0 saturated heterocycles. The maximum Gasteiger partial charge on any atom is 0.250 e. The molecule has 5 heteroatoms. The number of hydrogen-bond acceptors (Lipinski definition) is 4. The Morgan fingerprint density at radius 1 is 1.25 bits per heavy atom. The molecule has 0 heterocycles. The summed E-state index contributed by atoms with van der Waals surface area (Å²) in [6.45, 7) is 0. The van der Waals surface area contributed by atoms with Gasteiger partial charge in [-0.05, 0) is 30.3 Å². The summed E-state index contributed by atoms with van der Waals surface area (Å²) in [6, 6.07) is 14.3. The highest BCUT2D eigenvalue weighted by Crippen LogP contribution is 2.31. The van der Waals surface area contributed by atoms with Crippen molar-refractivity contribution in [3.8, 4) is 6.07 Å². The van der Waals surface area contributed by atoms with E-state index in [0.717, 1.165) is 5.69 Å². The molecule has 2 aromatic rings. The first-order valence-electron chi connectivity index (χ1n) is 5.96. The molecule has 1 amide bonds. The molecule has 0 bridgehead atoms. The Morgan fingerprint density at radius 2 is 1.95 bits per heavy atom. The van der Waals surface area contributed by atoms with Gasteiger partial charge in [0, 0.05) is 12.7 Å². The number of carbonyl (C=O) groups is 1. The molecule has 0 saturated carbocycles. The maximum atomic E-state index is 11.3. The predicted molar refractivity (Wildman–Crippen MR) is 78.6 cm³/mol. The third-order valence-corrected chi connectivity index (χ3v) is 3.07. The number of amides is 1. The molecule has 0 aliphatic heterocycles. The van der Waals surface area contributed by atoms with Crippen molar-refractivity contribution >= 4 is 23.0 Å². The van der Waals surface area contributed by atoms with Crippen LogP contribution in [0.3, 0.4) is 0 Å². The zero-order valence-electron chi connectivity index (χ0n) is 11.0. The molecule has 0 radical (unpaired) electrons. The van der Waals surface area contributed by atoms with E-state index in [9.17, 15) is 4.79 Å². The van der Waals surface area contributed by atoms with Crippen LogP contribution in [-0.2, 0) is 0 Å². The smallest absolute Gasteiger partial charge is 0.250 e. The van der Waals surface area contributed by atoms with Gasteiger partial charge in [-0.1, -0.05) is 12.1 Å². The number of primary amides is 1. The Labute approximate surface area is 117 Å². The summed E-state index contributed by atoms with van der Waals surface area (Å²) < 4.78 is 0. The van der Waals surface area contributed by atoms with E-state index in [-0.39, 0.29) is 5.56 Å². The number of nitrogens with zero attached hydrogens (tertiary/aromatic N) is 2. The van der Waals surface area contributed by atoms with Crippen LogP contribution in [0.4, 0.5) is 17.1 Å². The van der Waals surface area contributed by atoms with Crippen LogP contribution in [-0.4, -0.2) is 13.0 Å². The van der Waals surface area contributed by atoms with Gasteiger partial charge in [0.15, 0.2) is 0 Å². The maximum absolute atomic E-state index is 11.3. The molecule has 100 valence electrons. The van der Waals surface area contributed by atoms with E-state index in [1.165, 1.54) is 0 Å². The molecule has 5 nitrogen and oxygen atoms in total. The highest BCUT2D eigenvalue weighted by atomic mass is 16.1. The Hall–Kier alpha value is -3.00. The van der Waals surface area contributed by atoms with Crippen molar-refractivity contribution < 1.29 is 4.79 Å². The van der Waals surface area contributed by atoms with Crippen molar-refractivity contribution in [3.63, 3.8) is 0 Å². The molecular weight excluding hydrogens is 252 g/mol. The number of benzene rings is 2. The number of nitrogens with two attached hydrogens (primary N) is 2. The lowest BCUT2D eigenvalue weighted by molar-refractivity contribution is 0.100. The van der Waals surface area contributed by atoms with E-state index in [4.69, 9.17) is 16.7 Å². The third kappa shape index (κ3) is 2.40. The third-order valence-electron chi connectivity index (χ3n) is 3.07. The largest absolute Gasteiger partial charge is 0.396 e. The number of anilines is 3. The van der Waals surface area contributed by atoms with Crippen molar-refractivity contribution in [1.29, 1.82) is 5.26 Å². The molecule has 2 rings (SSSR count). The lowest BCUT2D eigenvalue weighted by Crippen LogP contribution is -2.17. The van der Waals surface area contributed by atoms with Crippen molar-refractivity contribution in [2.24, 2.45) is 5.73 Å². The van der Waals surface area contributed by atoms with Crippen molar-refractivity contribution in [3.05, 3.63) is 53.6 Å². The van der Waals surface area contributed by atoms with Gasteiger partial charge in [-0.3, -0.25) is 4.79 Å². The predicted octanol–water partition coefficient (Wildman–Crippen LogP) is 2.01. The topological polar surface area (TPSA) is 96.1 Å². The van der Waals surface area contributed by atoms with E-state index >= 15 is 0 Å². The summed E-state index contributed by atoms with van der Waals surface area (Å²) in [4.78, 5) is 13.1. The molecule has 0 atom stereocenters. The molecule has 0 unspecified atom stereocenters. The summed E-state index contributed by atoms with van der Waals surface area (Å²) in [7, 11) is 1.81. The molecule has 20 heavy (non-hydrogen) atoms. The van der Waals surface area contributed by atoms with E-state index in [2.05, 4.69) is 6.07 Å². The van der Waals surface area contributed by atoms with Gasteiger partial charge in [0.2, 0.25) is 0 Å². The monoisotopic (exact) mass is 266 g/mol. The van der Waals surface area contributed by atoms with Gasteiger partial charge in [-0.2, -0.15) is 5.26 Å². The Morgan fingerprint density at radius 3 is 2.60 bits per heavy atom. The summed E-state index contributed by atoms with van der Waals surface area (Å²) in [5.41, 5.74) is 13.9. The Balaban J connectivity index is 2.48. The minimum Gasteiger partial charge on any atom is -0.396 e. The van der Waals surface area contributed by atoms with Gasteiger partial charge in [0.05, 0.1) is 28.6 Å². The molecule has 0 aliphatic carbocycles. The van der Waals surface area contributed by atoms with Gasteiger partial charge in [0.1, 0.15) is 0 Å². The zero-order chi connectivity index (χ0) is 14.7. The second-order valence-electron chi connectivity index (χ2n) is 4.32. The molecular formula is C15H14N4O. The molecule has 0 spiro atoms. The average molecular weight is 266 g/mol. The quantitative estimate of drug-likeness (QED) is 0.830. The van der Waals surface area contributed by atoms with Crippen LogP contribution in [0.2, 0.25) is 0 Å². The first kappa shape index (κ1) is 13.4. The number of carbonyl (C=O) groups excluding carboxylic acids is 1. The van der Waals surface area contributed by atoms with Crippen molar-refractivity contribution in [2.75, 3.05) is 17.7 Å². The minimum absolute atomic E-state index is 0.283. The lowest BCUT2D eigenvalue weighted by atomic mass is 10.1. The Kier molecular flexibility index (Phi) is 3.58. The highest BCUT2D eigenvalue weighted by molar-refractivity contribution is 6.01. The molecule has 2 aromatic carbocycles. The number of nitriles is 1. The fourth-order valence-electron chi connectivity index (χ4n) is 1.98. The molecule has 0 aromatic heterocycles. The SMILES string of the molecule is CN(c1cccc(C#N)c1)c1cccc(C(N)=O)c1N. The summed E-state index contributed by atoms with van der Waals surface area (Å²) >= 11 is 0. The van der Waals surface area contributed by atoms with Crippen LogP contribution < -0.4 is 16.4 Å². The fraction of sp³-hybridized carbons (Fsp3) is 0.0667. The van der Waals surface area contributed by atoms with Crippen molar-refractivity contribution in [1.82, 2.24) is 0 Å². The summed E-state index contributed by atoms with van der Waals surface area (Å²) in [5, 5.41) is 8.93. The second-order valence-corrected chi connectivity index (χ2v) is 4.32. The van der Waals surface area contributed by atoms with E-state index in [1.807, 2.05) is 18.0 Å². The van der Waals surface area contributed by atoms with Gasteiger partial charge >= 0.3 is 0 Å². The first-order valence-corrected chi connectivity index (χ1v) is 5.96. The molecule has 0 fully saturated rings. The van der Waals surface area contributed by atoms with Crippen LogP contribution in [0, 0.1) is 11.3 Å². The Bertz CT molecular complexity index is 703. The normalized spacial score (nSPS) is 9.80. The van der Waals surface area contributed by atoms with Gasteiger partial charge < -0.3 is 16.4 Å². The van der Waals surface area contributed by atoms with Gasteiger partial charge in [-0.15, -0.1) is 0 Å². The van der Waals surface area contributed by atoms with E-state index in [0.29, 0.717) is 16.9 Å². The number of rotatable bonds is 3. The van der Waals surface area contributed by atoms with E-state index < -0.39 is 5.91 Å². The van der Waals surface area contributed by atoms with Crippen LogP contribution in [0.1, 0.15) is 15.9 Å². The van der Waals surface area contributed by atoms with Crippen LogP contribution in [0.25, 0.3) is 0 Å². The zero-order valence-corrected chi connectivity index (χ0v) is 11.0. The average Bonchev–Trinajstić information content (AvgIpc) is 2.46. The van der Waals surface area contributed by atoms with Crippen LogP contribution in [0.15, 0.2) is 42.5 Å². The molecule has 4 N–H and O–H groups in total. The lowest BCUT2D eigenvalue weighted by Gasteiger charge is -2.22. The van der Waals surface area contributed by atoms with Gasteiger partial charge in [0.25, 0.3) is 5.91 Å².